The highest BCUT2D eigenvalue weighted by atomic mass is 16.5. The number of hydrogen-bond donors (Lipinski definition) is 1. The van der Waals surface area contributed by atoms with Crippen molar-refractivity contribution in [2.24, 2.45) is 0 Å². The average molecular weight is 228 g/mol. The van der Waals surface area contributed by atoms with Gasteiger partial charge in [-0.05, 0) is 44.2 Å². The maximum atomic E-state index is 5.89. The first-order valence-electron chi connectivity index (χ1n) is 5.58. The number of nitrogens with two attached hydrogens (primary N) is 1. The summed E-state index contributed by atoms with van der Waals surface area (Å²) in [4.78, 5) is 4.31. The number of fused-ring (bicyclic) bond motifs is 1. The van der Waals surface area contributed by atoms with Crippen molar-refractivity contribution in [1.29, 1.82) is 0 Å². The molecule has 3 nitrogen and oxygen atoms in total. The van der Waals surface area contributed by atoms with Crippen LogP contribution >= 0.6 is 0 Å². The summed E-state index contributed by atoms with van der Waals surface area (Å²) >= 11 is 0. The fourth-order valence-electron chi connectivity index (χ4n) is 1.58. The molecular formula is C14H16N2O. The minimum Gasteiger partial charge on any atom is -0.487 e. The first-order chi connectivity index (χ1) is 8.18. The molecule has 0 aliphatic rings. The van der Waals surface area contributed by atoms with Gasteiger partial charge < -0.3 is 10.5 Å². The first-order valence-corrected chi connectivity index (χ1v) is 5.58. The van der Waals surface area contributed by atoms with Gasteiger partial charge in [0.1, 0.15) is 17.9 Å². The van der Waals surface area contributed by atoms with Crippen LogP contribution in [0.5, 0.6) is 5.75 Å². The van der Waals surface area contributed by atoms with Crippen molar-refractivity contribution in [1.82, 2.24) is 4.98 Å². The second kappa shape index (κ2) is 4.87. The molecular weight excluding hydrogens is 212 g/mol. The number of allylic oxidation sites excluding steroid dienone is 1. The van der Waals surface area contributed by atoms with Crippen molar-refractivity contribution >= 4 is 16.6 Å². The van der Waals surface area contributed by atoms with Crippen LogP contribution in [-0.4, -0.2) is 11.6 Å². The zero-order chi connectivity index (χ0) is 12.3. The fraction of sp³-hybridized carbons (Fsp3) is 0.214. The summed E-state index contributed by atoms with van der Waals surface area (Å²) in [6, 6.07) is 7.54. The average Bonchev–Trinajstić information content (AvgIpc) is 2.32. The molecule has 17 heavy (non-hydrogen) atoms. The summed E-state index contributed by atoms with van der Waals surface area (Å²) in [6.07, 6.45) is 3.78. The van der Waals surface area contributed by atoms with Gasteiger partial charge in [0.15, 0.2) is 0 Å². The molecule has 0 spiro atoms. The van der Waals surface area contributed by atoms with Gasteiger partial charge in [-0.3, -0.25) is 4.98 Å². The largest absolute Gasteiger partial charge is 0.487 e. The Bertz CT molecular complexity index is 557. The Labute approximate surface area is 101 Å². The molecule has 0 amide bonds. The molecule has 0 saturated carbocycles. The van der Waals surface area contributed by atoms with Gasteiger partial charge >= 0.3 is 0 Å². The van der Waals surface area contributed by atoms with Crippen LogP contribution in [-0.2, 0) is 0 Å². The molecule has 1 aromatic heterocycles. The van der Waals surface area contributed by atoms with E-state index >= 15 is 0 Å². The highest BCUT2D eigenvalue weighted by Gasteiger charge is 2.05. The number of ether oxygens (including phenoxy) is 1. The number of nitrogen functional groups attached to an aromatic ring is 1. The third kappa shape index (κ3) is 2.56. The molecule has 1 aromatic carbocycles. The lowest BCUT2D eigenvalue weighted by Crippen LogP contribution is -1.97. The van der Waals surface area contributed by atoms with E-state index in [2.05, 4.69) is 4.98 Å². The topological polar surface area (TPSA) is 48.1 Å². The van der Waals surface area contributed by atoms with Gasteiger partial charge in [-0.15, -0.1) is 0 Å². The lowest BCUT2D eigenvalue weighted by Gasteiger charge is -2.08. The Morgan fingerprint density at radius 2 is 2.18 bits per heavy atom. The van der Waals surface area contributed by atoms with Gasteiger partial charge in [-0.25, -0.2) is 0 Å². The maximum Gasteiger partial charge on any atom is 0.146 e. The Morgan fingerprint density at radius 3 is 2.94 bits per heavy atom. The highest BCUT2D eigenvalue weighted by Crippen LogP contribution is 2.27. The van der Waals surface area contributed by atoms with E-state index in [1.54, 1.807) is 6.20 Å². The van der Waals surface area contributed by atoms with Crippen molar-refractivity contribution < 1.29 is 4.74 Å². The summed E-state index contributed by atoms with van der Waals surface area (Å²) < 4.78 is 5.69. The van der Waals surface area contributed by atoms with Crippen molar-refractivity contribution in [3.05, 3.63) is 42.1 Å². The predicted octanol–water partition coefficient (Wildman–Crippen LogP) is 3.16. The third-order valence-corrected chi connectivity index (χ3v) is 2.50. The molecule has 0 aliphatic heterocycles. The van der Waals surface area contributed by atoms with Crippen LogP contribution in [0.3, 0.4) is 0 Å². The third-order valence-electron chi connectivity index (χ3n) is 2.50. The molecule has 2 aromatic rings. The van der Waals surface area contributed by atoms with Crippen LogP contribution in [0.25, 0.3) is 10.9 Å². The monoisotopic (exact) mass is 228 g/mol. The van der Waals surface area contributed by atoms with E-state index in [0.717, 1.165) is 22.3 Å². The van der Waals surface area contributed by atoms with Gasteiger partial charge in [-0.1, -0.05) is 5.57 Å². The highest BCUT2D eigenvalue weighted by molar-refractivity contribution is 5.94. The Hall–Kier alpha value is -2.03. The summed E-state index contributed by atoms with van der Waals surface area (Å²) in [5.41, 5.74) is 8.67. The molecule has 3 heteroatoms. The summed E-state index contributed by atoms with van der Waals surface area (Å²) in [6.45, 7) is 4.64. The normalized spacial score (nSPS) is 10.2. The van der Waals surface area contributed by atoms with Gasteiger partial charge in [-0.2, -0.15) is 0 Å². The Balaban J connectivity index is 2.35. The standard InChI is InChI=1S/C14H16N2O/c1-10(2)7-9-17-13-6-5-12(15)11-4-3-8-16-14(11)13/h3-8H,9,15H2,1-2H3. The minimum absolute atomic E-state index is 0.553. The first kappa shape index (κ1) is 11.5. The smallest absolute Gasteiger partial charge is 0.146 e. The van der Waals surface area contributed by atoms with Crippen molar-refractivity contribution in [3.8, 4) is 5.75 Å². The number of aromatic nitrogens is 1. The lowest BCUT2D eigenvalue weighted by atomic mass is 10.1. The number of benzene rings is 1. The molecule has 0 bridgehead atoms. The van der Waals surface area contributed by atoms with E-state index in [1.165, 1.54) is 5.57 Å². The number of hydrogen-bond acceptors (Lipinski definition) is 3. The summed E-state index contributed by atoms with van der Waals surface area (Å²) in [5.74, 6) is 0.771. The van der Waals surface area contributed by atoms with Crippen LogP contribution in [0.2, 0.25) is 0 Å². The second-order valence-corrected chi connectivity index (χ2v) is 4.14. The van der Waals surface area contributed by atoms with Crippen LogP contribution in [0, 0.1) is 0 Å². The number of nitrogens with zero attached hydrogens (tertiary/aromatic N) is 1. The molecule has 0 aliphatic carbocycles. The van der Waals surface area contributed by atoms with Crippen molar-refractivity contribution in [2.45, 2.75) is 13.8 Å². The molecule has 0 atom stereocenters. The van der Waals surface area contributed by atoms with Crippen LogP contribution in [0.15, 0.2) is 42.1 Å². The zero-order valence-electron chi connectivity index (χ0n) is 10.1. The molecule has 0 unspecified atom stereocenters. The minimum atomic E-state index is 0.553. The molecule has 0 saturated heterocycles. The summed E-state index contributed by atoms with van der Waals surface area (Å²) in [7, 11) is 0. The van der Waals surface area contributed by atoms with Crippen LogP contribution in [0.4, 0.5) is 5.69 Å². The fourth-order valence-corrected chi connectivity index (χ4v) is 1.58. The number of anilines is 1. The van der Waals surface area contributed by atoms with E-state index < -0.39 is 0 Å². The van der Waals surface area contributed by atoms with Gasteiger partial charge in [0, 0.05) is 17.3 Å². The quantitative estimate of drug-likeness (QED) is 0.648. The molecule has 1 heterocycles. The lowest BCUT2D eigenvalue weighted by molar-refractivity contribution is 0.365. The molecule has 88 valence electrons. The SMILES string of the molecule is CC(C)=CCOc1ccc(N)c2cccnc12. The van der Waals surface area contributed by atoms with E-state index in [0.29, 0.717) is 6.61 Å². The molecule has 0 radical (unpaired) electrons. The molecule has 2 rings (SSSR count). The number of pyridine rings is 1. The van der Waals surface area contributed by atoms with Gasteiger partial charge in [0.2, 0.25) is 0 Å². The Morgan fingerprint density at radius 1 is 1.35 bits per heavy atom. The van der Waals surface area contributed by atoms with E-state index in [4.69, 9.17) is 10.5 Å². The van der Waals surface area contributed by atoms with E-state index in [1.807, 2.05) is 44.2 Å². The van der Waals surface area contributed by atoms with Gasteiger partial charge in [0.05, 0.1) is 0 Å². The van der Waals surface area contributed by atoms with E-state index in [-0.39, 0.29) is 0 Å². The van der Waals surface area contributed by atoms with E-state index in [9.17, 15) is 0 Å². The van der Waals surface area contributed by atoms with Crippen molar-refractivity contribution in [3.63, 3.8) is 0 Å². The summed E-state index contributed by atoms with van der Waals surface area (Å²) in [5, 5.41) is 0.933. The van der Waals surface area contributed by atoms with Crippen LogP contribution < -0.4 is 10.5 Å². The Kier molecular flexibility index (Phi) is 3.28. The van der Waals surface area contributed by atoms with Crippen molar-refractivity contribution in [2.75, 3.05) is 12.3 Å². The number of rotatable bonds is 3. The van der Waals surface area contributed by atoms with Gasteiger partial charge in [0.25, 0.3) is 0 Å². The zero-order valence-corrected chi connectivity index (χ0v) is 10.1. The predicted molar refractivity (Wildman–Crippen MR) is 71.1 cm³/mol. The van der Waals surface area contributed by atoms with Crippen LogP contribution in [0.1, 0.15) is 13.8 Å². The second-order valence-electron chi connectivity index (χ2n) is 4.14. The maximum absolute atomic E-state index is 5.89. The molecule has 0 fully saturated rings. The molecule has 2 N–H and O–H groups in total.